The zero-order valence-electron chi connectivity index (χ0n) is 9.58. The summed E-state index contributed by atoms with van der Waals surface area (Å²) in [7, 11) is 0. The lowest BCUT2D eigenvalue weighted by Crippen LogP contribution is -2.05. The van der Waals surface area contributed by atoms with Crippen LogP contribution in [0.15, 0.2) is 18.3 Å². The van der Waals surface area contributed by atoms with Gasteiger partial charge in [-0.05, 0) is 19.9 Å². The number of carbonyl (C=O) groups is 1. The summed E-state index contributed by atoms with van der Waals surface area (Å²) in [4.78, 5) is 11.6. The molecule has 0 saturated heterocycles. The normalized spacial score (nSPS) is 12.3. The Hall–Kier alpha value is -1.59. The number of nitrogens with zero attached hydrogens (tertiary/aromatic N) is 2. The lowest BCUT2D eigenvalue weighted by Gasteiger charge is -1.99. The summed E-state index contributed by atoms with van der Waals surface area (Å²) >= 11 is 0. The van der Waals surface area contributed by atoms with Crippen LogP contribution in [0.2, 0.25) is 0 Å². The van der Waals surface area contributed by atoms with E-state index in [9.17, 15) is 18.0 Å². The second-order valence-corrected chi connectivity index (χ2v) is 3.57. The molecule has 1 heterocycles. The number of rotatable bonds is 4. The molecule has 17 heavy (non-hydrogen) atoms. The molecule has 1 rings (SSSR count). The molecule has 0 N–H and O–H groups in total. The van der Waals surface area contributed by atoms with Crippen LogP contribution in [-0.2, 0) is 6.54 Å². The molecular formula is C11H13F3N2O. The average Bonchev–Trinajstić information content (AvgIpc) is 2.57. The van der Waals surface area contributed by atoms with Gasteiger partial charge in [-0.15, -0.1) is 0 Å². The second kappa shape index (κ2) is 5.16. The molecule has 0 aliphatic heterocycles. The second-order valence-electron chi connectivity index (χ2n) is 3.57. The number of allylic oxidation sites excluding steroid dienone is 2. The molecule has 1 aromatic heterocycles. The van der Waals surface area contributed by atoms with Gasteiger partial charge >= 0.3 is 6.18 Å². The standard InChI is InChI=1S/C11H13F3N2O/c1-3-16-7-9(8(2)15-16)10(17)5-4-6-11(12,13)14/h4-5,7H,3,6H2,1-2H3/b5-4+. The summed E-state index contributed by atoms with van der Waals surface area (Å²) in [6.45, 7) is 4.12. The van der Waals surface area contributed by atoms with Gasteiger partial charge in [0.15, 0.2) is 5.78 Å². The van der Waals surface area contributed by atoms with Crippen molar-refractivity contribution in [1.82, 2.24) is 9.78 Å². The van der Waals surface area contributed by atoms with E-state index in [0.717, 1.165) is 12.2 Å². The topological polar surface area (TPSA) is 34.9 Å². The number of hydrogen-bond acceptors (Lipinski definition) is 2. The molecule has 0 fully saturated rings. The molecule has 0 amide bonds. The molecule has 0 spiro atoms. The molecule has 0 aliphatic rings. The smallest absolute Gasteiger partial charge is 0.289 e. The number of halogens is 3. The molecular weight excluding hydrogens is 233 g/mol. The molecule has 0 aliphatic carbocycles. The van der Waals surface area contributed by atoms with Crippen LogP contribution < -0.4 is 0 Å². The highest BCUT2D eigenvalue weighted by Gasteiger charge is 2.24. The maximum absolute atomic E-state index is 11.9. The predicted octanol–water partition coefficient (Wildman–Crippen LogP) is 2.90. The molecule has 0 aromatic carbocycles. The van der Waals surface area contributed by atoms with E-state index in [-0.39, 0.29) is 0 Å². The first-order valence-corrected chi connectivity index (χ1v) is 5.15. The number of ketones is 1. The minimum atomic E-state index is -4.28. The zero-order chi connectivity index (χ0) is 13.1. The largest absolute Gasteiger partial charge is 0.392 e. The molecule has 0 bridgehead atoms. The van der Waals surface area contributed by atoms with E-state index in [1.54, 1.807) is 11.6 Å². The van der Waals surface area contributed by atoms with E-state index in [1.165, 1.54) is 6.20 Å². The minimum Gasteiger partial charge on any atom is -0.289 e. The summed E-state index contributed by atoms with van der Waals surface area (Å²) in [5.41, 5.74) is 0.860. The predicted molar refractivity (Wildman–Crippen MR) is 56.8 cm³/mol. The van der Waals surface area contributed by atoms with Gasteiger partial charge in [-0.1, -0.05) is 6.08 Å². The minimum absolute atomic E-state index is 0.338. The van der Waals surface area contributed by atoms with Gasteiger partial charge < -0.3 is 0 Å². The molecule has 3 nitrogen and oxygen atoms in total. The molecule has 0 radical (unpaired) electrons. The zero-order valence-corrected chi connectivity index (χ0v) is 9.58. The van der Waals surface area contributed by atoms with Crippen molar-refractivity contribution in [1.29, 1.82) is 0 Å². The van der Waals surface area contributed by atoms with E-state index in [0.29, 0.717) is 17.8 Å². The average molecular weight is 246 g/mol. The summed E-state index contributed by atoms with van der Waals surface area (Å²) in [6, 6.07) is 0. The van der Waals surface area contributed by atoms with Crippen LogP contribution >= 0.6 is 0 Å². The van der Waals surface area contributed by atoms with Gasteiger partial charge in [0.05, 0.1) is 17.7 Å². The Bertz CT molecular complexity index is 432. The Morgan fingerprint density at radius 3 is 2.65 bits per heavy atom. The Morgan fingerprint density at radius 2 is 2.18 bits per heavy atom. The molecule has 0 unspecified atom stereocenters. The summed E-state index contributed by atoms with van der Waals surface area (Å²) in [5.74, 6) is -0.452. The number of hydrogen-bond donors (Lipinski definition) is 0. The van der Waals surface area contributed by atoms with E-state index >= 15 is 0 Å². The number of aromatic nitrogens is 2. The van der Waals surface area contributed by atoms with E-state index < -0.39 is 18.4 Å². The van der Waals surface area contributed by atoms with Gasteiger partial charge in [0.25, 0.3) is 0 Å². The molecule has 0 saturated carbocycles. The monoisotopic (exact) mass is 246 g/mol. The third-order valence-electron chi connectivity index (χ3n) is 2.15. The van der Waals surface area contributed by atoms with Crippen molar-refractivity contribution in [3.8, 4) is 0 Å². The number of aryl methyl sites for hydroxylation is 2. The van der Waals surface area contributed by atoms with E-state index in [1.807, 2.05) is 6.92 Å². The van der Waals surface area contributed by atoms with Gasteiger partial charge in [0, 0.05) is 12.7 Å². The fraction of sp³-hybridized carbons (Fsp3) is 0.455. The van der Waals surface area contributed by atoms with Gasteiger partial charge in [-0.25, -0.2) is 0 Å². The van der Waals surface area contributed by atoms with Crippen molar-refractivity contribution in [2.24, 2.45) is 0 Å². The van der Waals surface area contributed by atoms with Crippen molar-refractivity contribution in [2.45, 2.75) is 33.0 Å². The molecule has 1 aromatic rings. The number of carbonyl (C=O) groups excluding carboxylic acids is 1. The Morgan fingerprint density at radius 1 is 1.53 bits per heavy atom. The SMILES string of the molecule is CCn1cc(C(=O)/C=C/CC(F)(F)F)c(C)n1. The van der Waals surface area contributed by atoms with E-state index in [2.05, 4.69) is 5.10 Å². The highest BCUT2D eigenvalue weighted by atomic mass is 19.4. The first-order chi connectivity index (χ1) is 7.83. The molecule has 94 valence electrons. The highest BCUT2D eigenvalue weighted by Crippen LogP contribution is 2.20. The maximum atomic E-state index is 11.9. The fourth-order valence-electron chi connectivity index (χ4n) is 1.31. The number of alkyl halides is 3. The highest BCUT2D eigenvalue weighted by molar-refractivity contribution is 6.05. The maximum Gasteiger partial charge on any atom is 0.392 e. The van der Waals surface area contributed by atoms with Crippen molar-refractivity contribution in [3.05, 3.63) is 29.6 Å². The van der Waals surface area contributed by atoms with Crippen LogP contribution in [0.3, 0.4) is 0 Å². The van der Waals surface area contributed by atoms with Gasteiger partial charge in [0.2, 0.25) is 0 Å². The third kappa shape index (κ3) is 4.05. The van der Waals surface area contributed by atoms with Crippen LogP contribution in [0.1, 0.15) is 29.4 Å². The van der Waals surface area contributed by atoms with Crippen molar-refractivity contribution in [2.75, 3.05) is 0 Å². The fourth-order valence-corrected chi connectivity index (χ4v) is 1.31. The lowest BCUT2D eigenvalue weighted by molar-refractivity contribution is -0.125. The lowest BCUT2D eigenvalue weighted by atomic mass is 10.1. The molecule has 6 heteroatoms. The Balaban J connectivity index is 2.73. The van der Waals surface area contributed by atoms with Crippen LogP contribution in [0.4, 0.5) is 13.2 Å². The van der Waals surface area contributed by atoms with Gasteiger partial charge in [0.1, 0.15) is 0 Å². The Labute approximate surface area is 96.9 Å². The van der Waals surface area contributed by atoms with Gasteiger partial charge in [-0.2, -0.15) is 18.3 Å². The van der Waals surface area contributed by atoms with Crippen LogP contribution in [-0.4, -0.2) is 21.7 Å². The van der Waals surface area contributed by atoms with Crippen molar-refractivity contribution >= 4 is 5.78 Å². The van der Waals surface area contributed by atoms with Crippen LogP contribution in [0.25, 0.3) is 0 Å². The Kier molecular flexibility index (Phi) is 4.09. The summed E-state index contributed by atoms with van der Waals surface area (Å²) in [5, 5.41) is 4.05. The summed E-state index contributed by atoms with van der Waals surface area (Å²) in [6.07, 6.45) is -2.07. The third-order valence-corrected chi connectivity index (χ3v) is 2.15. The van der Waals surface area contributed by atoms with Crippen molar-refractivity contribution in [3.63, 3.8) is 0 Å². The van der Waals surface area contributed by atoms with Crippen LogP contribution in [0, 0.1) is 6.92 Å². The van der Waals surface area contributed by atoms with E-state index in [4.69, 9.17) is 0 Å². The van der Waals surface area contributed by atoms with Gasteiger partial charge in [-0.3, -0.25) is 9.48 Å². The van der Waals surface area contributed by atoms with Crippen molar-refractivity contribution < 1.29 is 18.0 Å². The van der Waals surface area contributed by atoms with Crippen LogP contribution in [0.5, 0.6) is 0 Å². The summed E-state index contributed by atoms with van der Waals surface area (Å²) < 4.78 is 37.2. The molecule has 0 atom stereocenters. The first kappa shape index (κ1) is 13.5. The first-order valence-electron chi connectivity index (χ1n) is 5.15. The quantitative estimate of drug-likeness (QED) is 0.604.